The molecule has 1 aliphatic carbocycles. The summed E-state index contributed by atoms with van der Waals surface area (Å²) in [5, 5.41) is 2.51. The highest BCUT2D eigenvalue weighted by molar-refractivity contribution is 7.17. The van der Waals surface area contributed by atoms with Gasteiger partial charge in [0, 0.05) is 10.9 Å². The molecule has 0 unspecified atom stereocenters. The molecule has 0 radical (unpaired) electrons. The minimum Gasteiger partial charge on any atom is -0.461 e. The van der Waals surface area contributed by atoms with Gasteiger partial charge in [-0.2, -0.15) is 0 Å². The fourth-order valence-electron chi connectivity index (χ4n) is 3.61. The predicted molar refractivity (Wildman–Crippen MR) is 107 cm³/mol. The van der Waals surface area contributed by atoms with Crippen LogP contribution in [-0.2, 0) is 9.53 Å². The molecule has 1 fully saturated rings. The second-order valence-corrected chi connectivity index (χ2v) is 7.88. The highest BCUT2D eigenvalue weighted by Gasteiger charge is 2.25. The van der Waals surface area contributed by atoms with Crippen LogP contribution in [0.5, 0.6) is 0 Å². The van der Waals surface area contributed by atoms with E-state index in [1.807, 2.05) is 35.7 Å². The molecular formula is C21H22N2O3S. The van der Waals surface area contributed by atoms with Crippen molar-refractivity contribution in [2.45, 2.75) is 51.2 Å². The van der Waals surface area contributed by atoms with Crippen molar-refractivity contribution in [3.05, 3.63) is 52.4 Å². The molecule has 1 aromatic carbocycles. The number of esters is 1. The molecule has 27 heavy (non-hydrogen) atoms. The fourth-order valence-corrected chi connectivity index (χ4v) is 4.52. The molecule has 6 heteroatoms. The first kappa shape index (κ1) is 17.9. The molecular weight excluding hydrogens is 360 g/mol. The van der Waals surface area contributed by atoms with Gasteiger partial charge in [-0.15, -0.1) is 11.3 Å². The Bertz CT molecular complexity index is 1000. The molecule has 2 aromatic heterocycles. The third-order valence-corrected chi connectivity index (χ3v) is 6.08. The van der Waals surface area contributed by atoms with Gasteiger partial charge in [-0.25, -0.2) is 9.78 Å². The molecule has 4 rings (SSSR count). The largest absolute Gasteiger partial charge is 0.461 e. The lowest BCUT2D eigenvalue weighted by atomic mass is 9.98. The molecule has 140 valence electrons. The number of rotatable bonds is 4. The summed E-state index contributed by atoms with van der Waals surface area (Å²) in [7, 11) is 0. The molecule has 0 spiro atoms. The van der Waals surface area contributed by atoms with Gasteiger partial charge in [0.25, 0.3) is 5.56 Å². The Balaban J connectivity index is 1.67. The molecule has 5 nitrogen and oxygen atoms in total. The van der Waals surface area contributed by atoms with Crippen LogP contribution in [0.15, 0.2) is 46.8 Å². The first-order chi connectivity index (χ1) is 13.1. The first-order valence-electron chi connectivity index (χ1n) is 9.39. The van der Waals surface area contributed by atoms with Crippen LogP contribution >= 0.6 is 11.3 Å². The fraction of sp³-hybridized carbons (Fsp3) is 0.381. The van der Waals surface area contributed by atoms with Crippen molar-refractivity contribution in [1.82, 2.24) is 9.55 Å². The third-order valence-electron chi connectivity index (χ3n) is 5.20. The van der Waals surface area contributed by atoms with Gasteiger partial charge >= 0.3 is 5.97 Å². The van der Waals surface area contributed by atoms with E-state index in [1.165, 1.54) is 28.7 Å². The Hall–Kier alpha value is -2.47. The zero-order chi connectivity index (χ0) is 18.8. The number of aromatic nitrogens is 2. The molecule has 1 saturated carbocycles. The van der Waals surface area contributed by atoms with Crippen LogP contribution in [-0.4, -0.2) is 21.6 Å². The number of carbonyl (C=O) groups is 1. The summed E-state index contributed by atoms with van der Waals surface area (Å²) in [4.78, 5) is 30.8. The van der Waals surface area contributed by atoms with Crippen LogP contribution in [0.25, 0.3) is 21.3 Å². The van der Waals surface area contributed by atoms with Gasteiger partial charge in [0.1, 0.15) is 17.0 Å². The van der Waals surface area contributed by atoms with E-state index in [0.29, 0.717) is 10.2 Å². The number of thiophene rings is 1. The van der Waals surface area contributed by atoms with Crippen molar-refractivity contribution in [2.75, 3.05) is 0 Å². The molecule has 0 saturated heterocycles. The lowest BCUT2D eigenvalue weighted by molar-refractivity contribution is -0.154. The predicted octanol–water partition coefficient (Wildman–Crippen LogP) is 4.56. The number of hydrogen-bond donors (Lipinski definition) is 0. The lowest BCUT2D eigenvalue weighted by Gasteiger charge is -2.24. The van der Waals surface area contributed by atoms with Crippen LogP contribution < -0.4 is 5.56 Å². The molecule has 1 atom stereocenters. The zero-order valence-corrected chi connectivity index (χ0v) is 16.1. The third kappa shape index (κ3) is 3.54. The first-order valence-corrected chi connectivity index (χ1v) is 10.3. The van der Waals surface area contributed by atoms with Gasteiger partial charge in [0.2, 0.25) is 0 Å². The maximum atomic E-state index is 13.1. The number of fused-ring (bicyclic) bond motifs is 1. The molecule has 2 heterocycles. The number of benzene rings is 1. The number of ether oxygens (including phenoxy) is 1. The van der Waals surface area contributed by atoms with Gasteiger partial charge in [-0.05, 0) is 38.2 Å². The number of hydrogen-bond acceptors (Lipinski definition) is 5. The average molecular weight is 382 g/mol. The van der Waals surface area contributed by atoms with Gasteiger partial charge in [0.05, 0.1) is 11.7 Å². The SMILES string of the molecule is C[C@H](C(=O)OC1CCCCC1)n1cnc2scc(-c3ccccc3)c2c1=O. The van der Waals surface area contributed by atoms with Crippen LogP contribution in [0.3, 0.4) is 0 Å². The van der Waals surface area contributed by atoms with Crippen LogP contribution in [0.2, 0.25) is 0 Å². The van der Waals surface area contributed by atoms with E-state index in [1.54, 1.807) is 6.92 Å². The van der Waals surface area contributed by atoms with Gasteiger partial charge in [0.15, 0.2) is 0 Å². The Morgan fingerprint density at radius 2 is 1.96 bits per heavy atom. The van der Waals surface area contributed by atoms with Crippen molar-refractivity contribution < 1.29 is 9.53 Å². The van der Waals surface area contributed by atoms with Crippen LogP contribution in [0, 0.1) is 0 Å². The minimum atomic E-state index is -0.695. The highest BCUT2D eigenvalue weighted by Crippen LogP contribution is 2.30. The quantitative estimate of drug-likeness (QED) is 0.621. The van der Waals surface area contributed by atoms with E-state index >= 15 is 0 Å². The van der Waals surface area contributed by atoms with E-state index in [-0.39, 0.29) is 17.6 Å². The van der Waals surface area contributed by atoms with Crippen molar-refractivity contribution in [1.29, 1.82) is 0 Å². The highest BCUT2D eigenvalue weighted by atomic mass is 32.1. The van der Waals surface area contributed by atoms with E-state index < -0.39 is 6.04 Å². The van der Waals surface area contributed by atoms with E-state index in [2.05, 4.69) is 4.98 Å². The van der Waals surface area contributed by atoms with Crippen molar-refractivity contribution in [2.24, 2.45) is 0 Å². The zero-order valence-electron chi connectivity index (χ0n) is 15.3. The van der Waals surface area contributed by atoms with Crippen LogP contribution in [0.1, 0.15) is 45.1 Å². The summed E-state index contributed by atoms with van der Waals surface area (Å²) >= 11 is 1.44. The summed E-state index contributed by atoms with van der Waals surface area (Å²) in [5.74, 6) is -0.360. The van der Waals surface area contributed by atoms with E-state index in [9.17, 15) is 9.59 Å². The molecule has 0 N–H and O–H groups in total. The molecule has 1 aliphatic rings. The second-order valence-electron chi connectivity index (χ2n) is 7.03. The second kappa shape index (κ2) is 7.64. The molecule has 0 aliphatic heterocycles. The molecule has 3 aromatic rings. The Kier molecular flexibility index (Phi) is 5.07. The molecule has 0 bridgehead atoms. The van der Waals surface area contributed by atoms with Crippen molar-refractivity contribution in [3.8, 4) is 11.1 Å². The number of carbonyl (C=O) groups excluding carboxylic acids is 1. The lowest BCUT2D eigenvalue weighted by Crippen LogP contribution is -2.32. The summed E-state index contributed by atoms with van der Waals surface area (Å²) in [5.41, 5.74) is 1.63. The Labute approximate surface area is 161 Å². The number of nitrogens with zero attached hydrogens (tertiary/aromatic N) is 2. The summed E-state index contributed by atoms with van der Waals surface area (Å²) in [6, 6.07) is 9.08. The standard InChI is InChI=1S/C21H22N2O3S/c1-14(21(25)26-16-10-6-3-7-11-16)23-13-22-19-18(20(23)24)17(12-27-19)15-8-4-2-5-9-15/h2,4-5,8-9,12-14,16H,3,6-7,10-11H2,1H3/t14-/m1/s1. The average Bonchev–Trinajstić information content (AvgIpc) is 3.14. The maximum Gasteiger partial charge on any atom is 0.329 e. The summed E-state index contributed by atoms with van der Waals surface area (Å²) in [6.07, 6.45) is 6.64. The Morgan fingerprint density at radius 3 is 2.70 bits per heavy atom. The van der Waals surface area contributed by atoms with Crippen molar-refractivity contribution >= 4 is 27.5 Å². The topological polar surface area (TPSA) is 61.2 Å². The summed E-state index contributed by atoms with van der Waals surface area (Å²) < 4.78 is 7.04. The Morgan fingerprint density at radius 1 is 1.22 bits per heavy atom. The monoisotopic (exact) mass is 382 g/mol. The van der Waals surface area contributed by atoms with E-state index in [0.717, 1.165) is 36.8 Å². The van der Waals surface area contributed by atoms with Crippen molar-refractivity contribution in [3.63, 3.8) is 0 Å². The molecule has 0 amide bonds. The smallest absolute Gasteiger partial charge is 0.329 e. The van der Waals surface area contributed by atoms with Gasteiger partial charge < -0.3 is 4.74 Å². The van der Waals surface area contributed by atoms with E-state index in [4.69, 9.17) is 4.74 Å². The van der Waals surface area contributed by atoms with Gasteiger partial charge in [-0.3, -0.25) is 9.36 Å². The van der Waals surface area contributed by atoms with Gasteiger partial charge in [-0.1, -0.05) is 36.8 Å². The maximum absolute atomic E-state index is 13.1. The van der Waals surface area contributed by atoms with Crippen LogP contribution in [0.4, 0.5) is 0 Å². The minimum absolute atomic E-state index is 0.0258. The normalized spacial score (nSPS) is 16.3. The summed E-state index contributed by atoms with van der Waals surface area (Å²) in [6.45, 7) is 1.70.